The van der Waals surface area contributed by atoms with Gasteiger partial charge in [0, 0.05) is 38.2 Å². The average Bonchev–Trinajstić information content (AvgIpc) is 3.15. The average molecular weight is 322 g/mol. The van der Waals surface area contributed by atoms with Crippen molar-refractivity contribution in [1.29, 1.82) is 0 Å². The van der Waals surface area contributed by atoms with E-state index in [0.717, 1.165) is 18.5 Å². The fourth-order valence-electron chi connectivity index (χ4n) is 2.82. The maximum absolute atomic E-state index is 13.0. The Balaban J connectivity index is 1.53. The van der Waals surface area contributed by atoms with Crippen LogP contribution in [0.2, 0.25) is 5.02 Å². The molecule has 1 aliphatic heterocycles. The minimum absolute atomic E-state index is 0.122. The Morgan fingerprint density at radius 1 is 1.36 bits per heavy atom. The molecule has 0 unspecified atom stereocenters. The van der Waals surface area contributed by atoms with Gasteiger partial charge < -0.3 is 4.90 Å². The van der Waals surface area contributed by atoms with E-state index >= 15 is 0 Å². The summed E-state index contributed by atoms with van der Waals surface area (Å²) in [7, 11) is 0. The topological polar surface area (TPSA) is 38.1 Å². The van der Waals surface area contributed by atoms with Gasteiger partial charge in [0.15, 0.2) is 0 Å². The Labute approximate surface area is 133 Å². The van der Waals surface area contributed by atoms with Crippen molar-refractivity contribution in [3.8, 4) is 0 Å². The van der Waals surface area contributed by atoms with Gasteiger partial charge in [-0.3, -0.25) is 9.48 Å². The summed E-state index contributed by atoms with van der Waals surface area (Å²) in [4.78, 5) is 14.1. The third kappa shape index (κ3) is 3.47. The highest BCUT2D eigenvalue weighted by molar-refractivity contribution is 6.30. The third-order valence-corrected chi connectivity index (χ3v) is 4.23. The molecule has 2 aromatic rings. The van der Waals surface area contributed by atoms with E-state index in [0.29, 0.717) is 30.5 Å². The van der Waals surface area contributed by atoms with Crippen LogP contribution in [-0.2, 0) is 11.3 Å². The number of aryl methyl sites for hydroxylation is 1. The van der Waals surface area contributed by atoms with Gasteiger partial charge in [0.05, 0.1) is 11.2 Å². The van der Waals surface area contributed by atoms with Crippen molar-refractivity contribution in [2.45, 2.75) is 25.3 Å². The minimum atomic E-state index is -0.229. The highest BCUT2D eigenvalue weighted by Crippen LogP contribution is 2.27. The number of halogens is 2. The van der Waals surface area contributed by atoms with E-state index in [1.165, 1.54) is 12.1 Å². The number of nitrogens with zero attached hydrogens (tertiary/aromatic N) is 3. The van der Waals surface area contributed by atoms with Crippen molar-refractivity contribution in [2.75, 3.05) is 13.1 Å². The van der Waals surface area contributed by atoms with Gasteiger partial charge in [-0.1, -0.05) is 23.7 Å². The number of hydrogen-bond donors (Lipinski definition) is 0. The molecule has 0 radical (unpaired) electrons. The molecule has 0 spiro atoms. The van der Waals surface area contributed by atoms with E-state index < -0.39 is 0 Å². The number of amides is 1. The molecule has 6 heteroatoms. The van der Waals surface area contributed by atoms with Gasteiger partial charge in [-0.15, -0.1) is 0 Å². The minimum Gasteiger partial charge on any atom is -0.342 e. The second kappa shape index (κ2) is 6.48. The summed E-state index contributed by atoms with van der Waals surface area (Å²) >= 11 is 5.80. The Hall–Kier alpha value is -1.88. The van der Waals surface area contributed by atoms with Gasteiger partial charge in [-0.25, -0.2) is 4.39 Å². The molecule has 116 valence electrons. The van der Waals surface area contributed by atoms with Crippen LogP contribution in [0.25, 0.3) is 0 Å². The Morgan fingerprint density at radius 2 is 2.14 bits per heavy atom. The largest absolute Gasteiger partial charge is 0.342 e. The molecular weight excluding hydrogens is 305 g/mol. The van der Waals surface area contributed by atoms with E-state index in [9.17, 15) is 9.18 Å². The molecule has 0 bridgehead atoms. The molecule has 0 saturated carbocycles. The molecule has 1 aromatic carbocycles. The Kier molecular flexibility index (Phi) is 4.43. The van der Waals surface area contributed by atoms with Crippen molar-refractivity contribution in [3.63, 3.8) is 0 Å². The highest BCUT2D eigenvalue weighted by Gasteiger charge is 2.27. The quantitative estimate of drug-likeness (QED) is 0.868. The second-order valence-corrected chi connectivity index (χ2v) is 5.98. The van der Waals surface area contributed by atoms with Crippen LogP contribution in [0.3, 0.4) is 0 Å². The lowest BCUT2D eigenvalue weighted by Gasteiger charge is -2.16. The van der Waals surface area contributed by atoms with Crippen molar-refractivity contribution in [1.82, 2.24) is 14.7 Å². The van der Waals surface area contributed by atoms with Crippen LogP contribution >= 0.6 is 11.6 Å². The van der Waals surface area contributed by atoms with E-state index in [-0.39, 0.29) is 11.7 Å². The first-order valence-electron chi connectivity index (χ1n) is 7.33. The Morgan fingerprint density at radius 3 is 2.82 bits per heavy atom. The standard InChI is InChI=1S/C16H17ClFN3O/c17-14-9-19-21(11-14)8-6-16(22)20-7-5-13(10-20)12-1-3-15(18)4-2-12/h1-4,9,11,13H,5-8,10H2/t13-/m1/s1. The molecule has 0 N–H and O–H groups in total. The van der Waals surface area contributed by atoms with Gasteiger partial charge in [0.1, 0.15) is 5.82 Å². The molecule has 1 aromatic heterocycles. The molecular formula is C16H17ClFN3O. The lowest BCUT2D eigenvalue weighted by molar-refractivity contribution is -0.130. The number of hydrogen-bond acceptors (Lipinski definition) is 2. The van der Waals surface area contributed by atoms with Crippen molar-refractivity contribution < 1.29 is 9.18 Å². The second-order valence-electron chi connectivity index (χ2n) is 5.55. The van der Waals surface area contributed by atoms with Gasteiger partial charge in [-0.2, -0.15) is 5.10 Å². The summed E-state index contributed by atoms with van der Waals surface area (Å²) in [5.74, 6) is 0.187. The molecule has 4 nitrogen and oxygen atoms in total. The number of likely N-dealkylation sites (tertiary alicyclic amines) is 1. The van der Waals surface area contributed by atoms with Crippen molar-refractivity contribution >= 4 is 17.5 Å². The van der Waals surface area contributed by atoms with E-state index in [1.807, 2.05) is 4.90 Å². The van der Waals surface area contributed by atoms with Crippen molar-refractivity contribution in [3.05, 3.63) is 53.1 Å². The number of rotatable bonds is 4. The monoisotopic (exact) mass is 321 g/mol. The molecule has 22 heavy (non-hydrogen) atoms. The zero-order valence-electron chi connectivity index (χ0n) is 12.1. The smallest absolute Gasteiger partial charge is 0.224 e. The van der Waals surface area contributed by atoms with E-state index in [2.05, 4.69) is 5.10 Å². The van der Waals surface area contributed by atoms with Crippen LogP contribution in [0.15, 0.2) is 36.7 Å². The van der Waals surface area contributed by atoms with Crippen LogP contribution in [0.1, 0.15) is 24.3 Å². The first-order chi connectivity index (χ1) is 10.6. The van der Waals surface area contributed by atoms with Gasteiger partial charge in [0.25, 0.3) is 0 Å². The predicted octanol–water partition coefficient (Wildman–Crippen LogP) is 3.08. The summed E-state index contributed by atoms with van der Waals surface area (Å²) in [5.41, 5.74) is 1.09. The zero-order valence-corrected chi connectivity index (χ0v) is 12.8. The van der Waals surface area contributed by atoms with Crippen LogP contribution in [0, 0.1) is 5.82 Å². The lowest BCUT2D eigenvalue weighted by Crippen LogP contribution is -2.29. The summed E-state index contributed by atoms with van der Waals surface area (Å²) in [6.45, 7) is 1.98. The fraction of sp³-hybridized carbons (Fsp3) is 0.375. The number of carbonyl (C=O) groups is 1. The maximum atomic E-state index is 13.0. The predicted molar refractivity (Wildman–Crippen MR) is 82.2 cm³/mol. The number of carbonyl (C=O) groups excluding carboxylic acids is 1. The van der Waals surface area contributed by atoms with E-state index in [1.54, 1.807) is 29.2 Å². The van der Waals surface area contributed by atoms with Gasteiger partial charge >= 0.3 is 0 Å². The van der Waals surface area contributed by atoms with Crippen LogP contribution in [-0.4, -0.2) is 33.7 Å². The zero-order chi connectivity index (χ0) is 15.5. The molecule has 2 heterocycles. The molecule has 1 aliphatic rings. The Bertz CT molecular complexity index is 656. The summed E-state index contributed by atoms with van der Waals surface area (Å²) in [5, 5.41) is 4.64. The summed E-state index contributed by atoms with van der Waals surface area (Å²) in [6, 6.07) is 6.56. The molecule has 1 amide bonds. The SMILES string of the molecule is O=C(CCn1cc(Cl)cn1)N1CC[C@@H](c2ccc(F)cc2)C1. The van der Waals surface area contributed by atoms with Crippen LogP contribution in [0.5, 0.6) is 0 Å². The maximum Gasteiger partial charge on any atom is 0.224 e. The normalized spacial score (nSPS) is 17.9. The molecule has 1 atom stereocenters. The third-order valence-electron chi connectivity index (χ3n) is 4.04. The fourth-order valence-corrected chi connectivity index (χ4v) is 2.98. The van der Waals surface area contributed by atoms with Crippen molar-refractivity contribution in [2.24, 2.45) is 0 Å². The van der Waals surface area contributed by atoms with Crippen LogP contribution < -0.4 is 0 Å². The van der Waals surface area contributed by atoms with Crippen LogP contribution in [0.4, 0.5) is 4.39 Å². The highest BCUT2D eigenvalue weighted by atomic mass is 35.5. The summed E-state index contributed by atoms with van der Waals surface area (Å²) in [6.07, 6.45) is 4.60. The number of aromatic nitrogens is 2. The van der Waals surface area contributed by atoms with E-state index in [4.69, 9.17) is 11.6 Å². The lowest BCUT2D eigenvalue weighted by atomic mass is 9.99. The first kappa shape index (κ1) is 15.0. The number of benzene rings is 1. The molecule has 0 aliphatic carbocycles. The first-order valence-corrected chi connectivity index (χ1v) is 7.71. The molecule has 1 saturated heterocycles. The molecule has 3 rings (SSSR count). The van der Waals surface area contributed by atoms with Gasteiger partial charge in [0.2, 0.25) is 5.91 Å². The van der Waals surface area contributed by atoms with Gasteiger partial charge in [-0.05, 0) is 24.1 Å². The molecule has 1 fully saturated rings. The summed E-state index contributed by atoms with van der Waals surface area (Å²) < 4.78 is 14.6.